The molecule has 0 amide bonds. The SMILES string of the molecule is Cc1ccc(S(=O)(=O)N2C[C@@H](Br)[C@@H](CBr)N(S(=O)(=O)c3ccc(C)cc3)c3ccccc32)cc1. The van der Waals surface area contributed by atoms with Gasteiger partial charge in [0.1, 0.15) is 0 Å². The summed E-state index contributed by atoms with van der Waals surface area (Å²) in [6.45, 7) is 3.84. The average Bonchev–Trinajstić information content (AvgIpc) is 2.94. The fourth-order valence-corrected chi connectivity index (χ4v) is 9.62. The van der Waals surface area contributed by atoms with Gasteiger partial charge >= 0.3 is 0 Å². The van der Waals surface area contributed by atoms with E-state index >= 15 is 0 Å². The standard InChI is InChI=1S/C24H24Br2N2O4S2/c1-17-7-11-19(12-8-17)33(29,30)27-16-21(26)24(15-25)28(23-6-4-3-5-22(23)27)34(31,32)20-13-9-18(2)10-14-20/h3-14,21,24H,15-16H2,1-2H3/t21-,24-/m1/s1. The van der Waals surface area contributed by atoms with Crippen LogP contribution in [-0.4, -0.2) is 39.6 Å². The second kappa shape index (κ2) is 9.64. The Morgan fingerprint density at radius 3 is 1.74 bits per heavy atom. The number of sulfonamides is 2. The minimum Gasteiger partial charge on any atom is -0.263 e. The van der Waals surface area contributed by atoms with Gasteiger partial charge in [0.05, 0.1) is 32.0 Å². The molecule has 34 heavy (non-hydrogen) atoms. The molecule has 0 saturated carbocycles. The number of halogens is 2. The van der Waals surface area contributed by atoms with Crippen molar-refractivity contribution in [2.24, 2.45) is 0 Å². The van der Waals surface area contributed by atoms with E-state index in [2.05, 4.69) is 31.9 Å². The molecule has 0 aromatic heterocycles. The van der Waals surface area contributed by atoms with Crippen LogP contribution in [-0.2, 0) is 20.0 Å². The van der Waals surface area contributed by atoms with Crippen molar-refractivity contribution in [3.8, 4) is 0 Å². The minimum absolute atomic E-state index is 0.0589. The quantitative estimate of drug-likeness (QED) is 0.363. The van der Waals surface area contributed by atoms with Crippen LogP contribution in [0.15, 0.2) is 82.6 Å². The summed E-state index contributed by atoms with van der Waals surface area (Å²) in [6.07, 6.45) is 0. The van der Waals surface area contributed by atoms with Crippen LogP contribution in [0.5, 0.6) is 0 Å². The Morgan fingerprint density at radius 1 is 0.765 bits per heavy atom. The van der Waals surface area contributed by atoms with Crippen molar-refractivity contribution in [2.75, 3.05) is 20.5 Å². The molecule has 0 N–H and O–H groups in total. The van der Waals surface area contributed by atoms with E-state index in [1.54, 1.807) is 72.8 Å². The first-order chi connectivity index (χ1) is 16.1. The predicted octanol–water partition coefficient (Wildman–Crippen LogP) is 5.23. The van der Waals surface area contributed by atoms with Crippen molar-refractivity contribution in [1.82, 2.24) is 0 Å². The van der Waals surface area contributed by atoms with Crippen LogP contribution in [0.3, 0.4) is 0 Å². The second-order valence-electron chi connectivity index (χ2n) is 8.19. The highest BCUT2D eigenvalue weighted by Crippen LogP contribution is 2.42. The van der Waals surface area contributed by atoms with Gasteiger partial charge in [0.15, 0.2) is 0 Å². The van der Waals surface area contributed by atoms with Crippen LogP contribution in [0.4, 0.5) is 11.4 Å². The van der Waals surface area contributed by atoms with Crippen molar-refractivity contribution < 1.29 is 16.8 Å². The van der Waals surface area contributed by atoms with E-state index in [9.17, 15) is 16.8 Å². The molecule has 0 fully saturated rings. The lowest BCUT2D eigenvalue weighted by Gasteiger charge is -2.32. The lowest BCUT2D eigenvalue weighted by Crippen LogP contribution is -2.47. The van der Waals surface area contributed by atoms with Crippen molar-refractivity contribution >= 4 is 63.3 Å². The lowest BCUT2D eigenvalue weighted by atomic mass is 10.2. The second-order valence-corrected chi connectivity index (χ2v) is 13.7. The molecule has 0 bridgehead atoms. The molecule has 0 saturated heterocycles. The summed E-state index contributed by atoms with van der Waals surface area (Å²) in [5.74, 6) is 0. The van der Waals surface area contributed by atoms with Gasteiger partial charge in [0.2, 0.25) is 0 Å². The fraction of sp³-hybridized carbons (Fsp3) is 0.250. The van der Waals surface area contributed by atoms with E-state index in [1.807, 2.05) is 13.8 Å². The maximum atomic E-state index is 13.9. The van der Waals surface area contributed by atoms with Gasteiger partial charge in [-0.3, -0.25) is 8.61 Å². The molecule has 4 rings (SSSR count). The molecule has 0 radical (unpaired) electrons. The first-order valence-corrected chi connectivity index (χ1v) is 15.5. The zero-order valence-corrected chi connectivity index (χ0v) is 23.4. The molecule has 1 aliphatic rings. The highest BCUT2D eigenvalue weighted by atomic mass is 79.9. The predicted molar refractivity (Wildman–Crippen MR) is 143 cm³/mol. The zero-order valence-electron chi connectivity index (χ0n) is 18.6. The number of benzene rings is 3. The van der Waals surface area contributed by atoms with Gasteiger partial charge in [-0.05, 0) is 50.2 Å². The van der Waals surface area contributed by atoms with E-state index in [0.29, 0.717) is 16.7 Å². The lowest BCUT2D eigenvalue weighted by molar-refractivity contribution is 0.579. The third-order valence-electron chi connectivity index (χ3n) is 5.79. The van der Waals surface area contributed by atoms with Gasteiger partial charge < -0.3 is 0 Å². The fourth-order valence-electron chi connectivity index (χ4n) is 3.92. The number of hydrogen-bond acceptors (Lipinski definition) is 4. The van der Waals surface area contributed by atoms with Gasteiger partial charge in [-0.1, -0.05) is 79.4 Å². The molecule has 6 nitrogen and oxygen atoms in total. The number of hydrogen-bond donors (Lipinski definition) is 0. The number of alkyl halides is 2. The maximum Gasteiger partial charge on any atom is 0.264 e. The van der Waals surface area contributed by atoms with Crippen molar-refractivity contribution in [1.29, 1.82) is 0 Å². The van der Waals surface area contributed by atoms with Crippen LogP contribution in [0.2, 0.25) is 0 Å². The number of rotatable bonds is 5. The van der Waals surface area contributed by atoms with Gasteiger partial charge in [0.25, 0.3) is 20.0 Å². The smallest absolute Gasteiger partial charge is 0.263 e. The van der Waals surface area contributed by atoms with Crippen molar-refractivity contribution in [3.63, 3.8) is 0 Å². The summed E-state index contributed by atoms with van der Waals surface area (Å²) in [4.78, 5) is -0.189. The molecule has 3 aromatic rings. The van der Waals surface area contributed by atoms with E-state index < -0.39 is 30.9 Å². The number of anilines is 2. The van der Waals surface area contributed by atoms with Gasteiger partial charge in [-0.25, -0.2) is 16.8 Å². The maximum absolute atomic E-state index is 13.9. The van der Waals surface area contributed by atoms with Crippen molar-refractivity contribution in [3.05, 3.63) is 83.9 Å². The summed E-state index contributed by atoms with van der Waals surface area (Å²) in [5.41, 5.74) is 2.51. The Labute approximate surface area is 218 Å². The number of nitrogens with zero attached hydrogens (tertiary/aromatic N) is 2. The molecule has 0 spiro atoms. The molecular formula is C24H24Br2N2O4S2. The van der Waals surface area contributed by atoms with Crippen molar-refractivity contribution in [2.45, 2.75) is 34.5 Å². The Balaban J connectivity index is 1.93. The molecule has 10 heteroatoms. The molecule has 1 aliphatic heterocycles. The number of aryl methyl sites for hydroxylation is 2. The van der Waals surface area contributed by atoms with E-state index in [-0.39, 0.29) is 16.3 Å². The van der Waals surface area contributed by atoms with Crippen LogP contribution >= 0.6 is 31.9 Å². The van der Waals surface area contributed by atoms with E-state index in [0.717, 1.165) is 11.1 Å². The monoisotopic (exact) mass is 626 g/mol. The summed E-state index contributed by atoms with van der Waals surface area (Å²) in [7, 11) is -7.95. The van der Waals surface area contributed by atoms with Crippen LogP contribution in [0.1, 0.15) is 11.1 Å². The van der Waals surface area contributed by atoms with E-state index in [1.165, 1.54) is 8.61 Å². The van der Waals surface area contributed by atoms with Crippen LogP contribution in [0, 0.1) is 13.8 Å². The summed E-state index contributed by atoms with van der Waals surface area (Å²) >= 11 is 7.09. The van der Waals surface area contributed by atoms with Gasteiger partial charge in [0, 0.05) is 11.9 Å². The van der Waals surface area contributed by atoms with E-state index in [4.69, 9.17) is 0 Å². The Bertz CT molecular complexity index is 1390. The highest BCUT2D eigenvalue weighted by Gasteiger charge is 2.43. The molecule has 180 valence electrons. The summed E-state index contributed by atoms with van der Waals surface area (Å²) in [5, 5.41) is 0.306. The van der Waals surface area contributed by atoms with Crippen LogP contribution < -0.4 is 8.61 Å². The molecular weight excluding hydrogens is 604 g/mol. The van der Waals surface area contributed by atoms with Gasteiger partial charge in [-0.15, -0.1) is 0 Å². The molecule has 3 aromatic carbocycles. The zero-order chi connectivity index (χ0) is 24.7. The third kappa shape index (κ3) is 4.53. The average molecular weight is 628 g/mol. The largest absolute Gasteiger partial charge is 0.264 e. The Kier molecular flexibility index (Phi) is 7.15. The van der Waals surface area contributed by atoms with Crippen LogP contribution in [0.25, 0.3) is 0 Å². The molecule has 1 heterocycles. The first-order valence-electron chi connectivity index (χ1n) is 10.6. The molecule has 0 aliphatic carbocycles. The summed E-state index contributed by atoms with van der Waals surface area (Å²) < 4.78 is 57.9. The Hall–Kier alpha value is -1.88. The normalized spacial score (nSPS) is 18.9. The molecule has 2 atom stereocenters. The van der Waals surface area contributed by atoms with Gasteiger partial charge in [-0.2, -0.15) is 0 Å². The summed E-state index contributed by atoms with van der Waals surface area (Å²) in [6, 6.07) is 19.4. The minimum atomic E-state index is -4.00. The number of para-hydroxylation sites is 2. The third-order valence-corrected chi connectivity index (χ3v) is 11.0. The Morgan fingerprint density at radius 2 is 1.24 bits per heavy atom. The molecule has 0 unspecified atom stereocenters. The number of fused-ring (bicyclic) bond motifs is 1. The topological polar surface area (TPSA) is 74.8 Å². The first kappa shape index (κ1) is 25.2. The highest BCUT2D eigenvalue weighted by molar-refractivity contribution is 9.10.